The second kappa shape index (κ2) is 38.6. The standard InChI is InChI=1S/C64H87N9O16/c1-85-55-21-17-39(29-43(55)61(69)81)33-52(75)48(14-6-10-26-66)71-63(83)45-31-41(19-23-57(45)87-3)35-54(77)50(16-8-12-28-68)73-64(84)46-32-42(20-24-58(46)88-4)36-53(76)49(15-7-11-27-67)72-62(82)44-30-40(18-22-56(44)86-2)34-51(74)47(13-5-9-25-65)70-59(78)37-89-38-60(79)80/h17-24,29-32,47-50H,5-16,25-28,33-38,65-68H2,1-4H3,(H2,69,81)(H,70,78)(H,71,83)(H,72,82)(H,73,84)(H,79,80)/t47-,48-,49-,50-/m0/s1. The van der Waals surface area contributed by atoms with E-state index in [4.69, 9.17) is 57.5 Å². The quantitative estimate of drug-likeness (QED) is 0.0285. The highest BCUT2D eigenvalue weighted by Crippen LogP contribution is 2.27. The number of Topliss-reactive ketones (excluding diaryl/α,β-unsaturated/α-hetero) is 4. The number of carbonyl (C=O) groups is 10. The Hall–Kier alpha value is -8.62. The fourth-order valence-corrected chi connectivity index (χ4v) is 9.88. The summed E-state index contributed by atoms with van der Waals surface area (Å²) in [6, 6.07) is 14.4. The van der Waals surface area contributed by atoms with Crippen molar-refractivity contribution in [1.29, 1.82) is 0 Å². The molecule has 0 bridgehead atoms. The van der Waals surface area contributed by atoms with E-state index in [0.717, 1.165) is 0 Å². The Morgan fingerprint density at radius 2 is 0.663 bits per heavy atom. The Balaban J connectivity index is 1.55. The highest BCUT2D eigenvalue weighted by molar-refractivity contribution is 6.04. The van der Waals surface area contributed by atoms with Crippen LogP contribution >= 0.6 is 0 Å². The van der Waals surface area contributed by atoms with Crippen molar-refractivity contribution in [2.45, 2.75) is 127 Å². The molecule has 4 aromatic carbocycles. The maximum Gasteiger partial charge on any atom is 0.329 e. The topological polar surface area (TPSA) is 415 Å². The van der Waals surface area contributed by atoms with Crippen LogP contribution in [0, 0.1) is 0 Å². The lowest BCUT2D eigenvalue weighted by Crippen LogP contribution is -2.43. The number of nitrogens with two attached hydrogens (primary N) is 5. The Morgan fingerprint density at radius 1 is 0.393 bits per heavy atom. The normalized spacial score (nSPS) is 12.3. The van der Waals surface area contributed by atoms with Gasteiger partial charge in [-0.25, -0.2) is 4.79 Å². The summed E-state index contributed by atoms with van der Waals surface area (Å²) in [5, 5.41) is 20.0. The van der Waals surface area contributed by atoms with Crippen LogP contribution in [0.15, 0.2) is 72.8 Å². The molecule has 5 amide bonds. The lowest BCUT2D eigenvalue weighted by Gasteiger charge is -2.21. The van der Waals surface area contributed by atoms with Crippen molar-refractivity contribution in [3.8, 4) is 23.0 Å². The van der Waals surface area contributed by atoms with Gasteiger partial charge >= 0.3 is 5.97 Å². The van der Waals surface area contributed by atoms with Crippen molar-refractivity contribution < 1.29 is 76.7 Å². The highest BCUT2D eigenvalue weighted by Gasteiger charge is 2.29. The SMILES string of the molecule is COc1ccc(CC(=O)[C@H](CCCCN)NC(=O)c2cc(CC(=O)[C@H](CCCCN)NC(=O)c3cc(CC(=O)[C@H](CCCCN)NC(=O)c4cc(CC(=O)[C@H](CCCCN)NC(=O)COCC(=O)O)ccc4OC)ccc3OC)ccc2OC)cc1C(N)=O. The largest absolute Gasteiger partial charge is 0.496 e. The number of ether oxygens (including phenoxy) is 5. The molecule has 0 heterocycles. The van der Waals surface area contributed by atoms with Crippen LogP contribution < -0.4 is 68.9 Å². The molecule has 0 aromatic heterocycles. The lowest BCUT2D eigenvalue weighted by atomic mass is 9.95. The van der Waals surface area contributed by atoms with Crippen molar-refractivity contribution in [2.24, 2.45) is 28.7 Å². The average Bonchev–Trinajstić information content (AvgIpc) is 3.19. The molecule has 4 rings (SSSR count). The van der Waals surface area contributed by atoms with Crippen molar-refractivity contribution in [2.75, 3.05) is 67.8 Å². The molecule has 0 radical (unpaired) electrons. The third-order valence-corrected chi connectivity index (χ3v) is 14.6. The van der Waals surface area contributed by atoms with Crippen LogP contribution in [0.4, 0.5) is 0 Å². The highest BCUT2D eigenvalue weighted by atomic mass is 16.5. The Morgan fingerprint density at radius 3 is 0.921 bits per heavy atom. The minimum atomic E-state index is -1.26. The Kier molecular flexibility index (Phi) is 31.6. The molecule has 25 heteroatoms. The molecule has 0 fully saturated rings. The Labute approximate surface area is 518 Å². The number of rotatable bonds is 44. The number of hydrogen-bond acceptors (Lipinski definition) is 19. The number of hydrogen-bond donors (Lipinski definition) is 10. The van der Waals surface area contributed by atoms with Crippen LogP contribution in [-0.4, -0.2) is 156 Å². The molecule has 0 aliphatic rings. The van der Waals surface area contributed by atoms with Crippen molar-refractivity contribution in [3.05, 3.63) is 117 Å². The molecule has 15 N–H and O–H groups in total. The number of nitrogens with one attached hydrogen (secondary N) is 4. The monoisotopic (exact) mass is 1240 g/mol. The summed E-state index contributed by atoms with van der Waals surface area (Å²) >= 11 is 0. The molecule has 0 aliphatic carbocycles. The van der Waals surface area contributed by atoms with E-state index in [1.165, 1.54) is 77.0 Å². The van der Waals surface area contributed by atoms with Crippen LogP contribution in [0.2, 0.25) is 0 Å². The number of carbonyl (C=O) groups excluding carboxylic acids is 9. The minimum Gasteiger partial charge on any atom is -0.496 e. The van der Waals surface area contributed by atoms with E-state index in [0.29, 0.717) is 99.8 Å². The zero-order chi connectivity index (χ0) is 65.4. The summed E-state index contributed by atoms with van der Waals surface area (Å²) in [5.74, 6) is -5.54. The number of unbranched alkanes of at least 4 members (excludes halogenated alkanes) is 4. The molecular formula is C64H87N9O16. The first-order chi connectivity index (χ1) is 42.7. The fraction of sp³-hybridized carbons (Fsp3) is 0.469. The second-order valence-corrected chi connectivity index (χ2v) is 21.3. The average molecular weight is 1240 g/mol. The van der Waals surface area contributed by atoms with Gasteiger partial charge in [0.05, 0.1) is 74.9 Å². The molecule has 0 saturated carbocycles. The van der Waals surface area contributed by atoms with Gasteiger partial charge in [0.2, 0.25) is 5.91 Å². The summed E-state index contributed by atoms with van der Waals surface area (Å²) in [4.78, 5) is 135. The molecule has 4 atom stereocenters. The summed E-state index contributed by atoms with van der Waals surface area (Å²) in [5.41, 5.74) is 30.5. The van der Waals surface area contributed by atoms with Gasteiger partial charge in [0, 0.05) is 25.7 Å². The second-order valence-electron chi connectivity index (χ2n) is 21.3. The van der Waals surface area contributed by atoms with Crippen molar-refractivity contribution in [3.63, 3.8) is 0 Å². The van der Waals surface area contributed by atoms with Crippen LogP contribution in [0.5, 0.6) is 23.0 Å². The van der Waals surface area contributed by atoms with E-state index in [1.54, 1.807) is 24.3 Å². The molecule has 484 valence electrons. The smallest absolute Gasteiger partial charge is 0.329 e. The van der Waals surface area contributed by atoms with Gasteiger partial charge < -0.3 is 78.7 Å². The lowest BCUT2D eigenvalue weighted by molar-refractivity contribution is -0.144. The van der Waals surface area contributed by atoms with E-state index in [-0.39, 0.29) is 102 Å². The first kappa shape index (κ1) is 72.9. The molecule has 25 nitrogen and oxygen atoms in total. The predicted octanol–water partition coefficient (Wildman–Crippen LogP) is 2.76. The maximum absolute atomic E-state index is 14.4. The van der Waals surface area contributed by atoms with E-state index in [9.17, 15) is 47.9 Å². The third-order valence-electron chi connectivity index (χ3n) is 14.6. The number of carboxylic acids is 1. The van der Waals surface area contributed by atoms with E-state index in [1.807, 2.05) is 0 Å². The molecular weight excluding hydrogens is 1150 g/mol. The zero-order valence-electron chi connectivity index (χ0n) is 51.3. The number of primary amides is 1. The van der Waals surface area contributed by atoms with Crippen LogP contribution in [0.1, 0.15) is 141 Å². The summed E-state index contributed by atoms with van der Waals surface area (Å²) in [6.45, 7) is 0.0907. The first-order valence-electron chi connectivity index (χ1n) is 29.6. The van der Waals surface area contributed by atoms with Gasteiger partial charge in [-0.05, 0) is 174 Å². The number of aliphatic carboxylic acids is 1. The zero-order valence-corrected chi connectivity index (χ0v) is 51.3. The maximum atomic E-state index is 14.4. The van der Waals surface area contributed by atoms with Gasteiger partial charge in [-0.2, -0.15) is 0 Å². The van der Waals surface area contributed by atoms with Crippen LogP contribution in [0.25, 0.3) is 0 Å². The fourth-order valence-electron chi connectivity index (χ4n) is 9.88. The molecule has 0 aliphatic heterocycles. The van der Waals surface area contributed by atoms with Crippen LogP contribution in [-0.2, 0) is 59.2 Å². The molecule has 0 saturated heterocycles. The predicted molar refractivity (Wildman–Crippen MR) is 331 cm³/mol. The van der Waals surface area contributed by atoms with E-state index < -0.39 is 90.2 Å². The summed E-state index contributed by atoms with van der Waals surface area (Å²) in [7, 11) is 5.49. The number of carboxylic acid groups (broad SMARTS) is 1. The number of methoxy groups -OCH3 is 4. The number of benzene rings is 4. The summed E-state index contributed by atoms with van der Waals surface area (Å²) in [6.07, 6.45) is 4.23. The van der Waals surface area contributed by atoms with Gasteiger partial charge in [-0.1, -0.05) is 24.3 Å². The number of ketones is 4. The first-order valence-corrected chi connectivity index (χ1v) is 29.6. The van der Waals surface area contributed by atoms with Gasteiger partial charge in [0.25, 0.3) is 23.6 Å². The van der Waals surface area contributed by atoms with Gasteiger partial charge in [-0.3, -0.25) is 43.2 Å². The molecule has 4 aromatic rings. The van der Waals surface area contributed by atoms with Gasteiger partial charge in [0.15, 0.2) is 23.1 Å². The molecule has 0 unspecified atom stereocenters. The summed E-state index contributed by atoms with van der Waals surface area (Å²) < 4.78 is 26.8. The minimum absolute atomic E-state index is 0.0150. The molecule has 89 heavy (non-hydrogen) atoms. The van der Waals surface area contributed by atoms with Gasteiger partial charge in [0.1, 0.15) is 36.2 Å². The van der Waals surface area contributed by atoms with E-state index >= 15 is 0 Å². The van der Waals surface area contributed by atoms with E-state index in [2.05, 4.69) is 21.3 Å². The van der Waals surface area contributed by atoms with Crippen molar-refractivity contribution >= 4 is 58.6 Å². The van der Waals surface area contributed by atoms with Crippen LogP contribution in [0.3, 0.4) is 0 Å². The van der Waals surface area contributed by atoms with Crippen molar-refractivity contribution in [1.82, 2.24) is 21.3 Å². The third kappa shape index (κ3) is 23.8. The number of amides is 5. The van der Waals surface area contributed by atoms with Gasteiger partial charge in [-0.15, -0.1) is 0 Å². The Bertz CT molecular complexity index is 3080. The molecule has 0 spiro atoms.